The van der Waals surface area contributed by atoms with Crippen LogP contribution in [0.15, 0.2) is 48.5 Å². The van der Waals surface area contributed by atoms with E-state index in [0.717, 1.165) is 38.2 Å². The normalized spacial score (nSPS) is 17.3. The Balaban J connectivity index is 1.70. The smallest absolute Gasteiger partial charge is 0.119 e. The minimum atomic E-state index is 0.428. The number of hydrogen-bond acceptors (Lipinski definition) is 2. The third kappa shape index (κ3) is 3.45. The first-order valence-electron chi connectivity index (χ1n) is 7.89. The molecule has 110 valence electrons. The minimum Gasteiger partial charge on any atom is -0.494 e. The highest BCUT2D eigenvalue weighted by Crippen LogP contribution is 2.26. The van der Waals surface area contributed by atoms with E-state index in [-0.39, 0.29) is 0 Å². The van der Waals surface area contributed by atoms with Crippen LogP contribution in [0.1, 0.15) is 36.1 Å². The predicted octanol–water partition coefficient (Wildman–Crippen LogP) is 3.90. The Kier molecular flexibility index (Phi) is 4.56. The molecule has 2 aromatic carbocycles. The number of hydrogen-bond donors (Lipinski definition) is 1. The molecule has 0 spiro atoms. The van der Waals surface area contributed by atoms with Crippen molar-refractivity contribution >= 4 is 0 Å². The lowest BCUT2D eigenvalue weighted by Gasteiger charge is -2.27. The molecule has 1 N–H and O–H groups in total. The van der Waals surface area contributed by atoms with Crippen LogP contribution in [0.3, 0.4) is 0 Å². The van der Waals surface area contributed by atoms with E-state index in [9.17, 15) is 0 Å². The lowest BCUT2D eigenvalue weighted by atomic mass is 9.90. The summed E-state index contributed by atoms with van der Waals surface area (Å²) in [7, 11) is 0. The summed E-state index contributed by atoms with van der Waals surface area (Å²) in [6.45, 7) is 3.98. The molecule has 0 saturated carbocycles. The van der Waals surface area contributed by atoms with E-state index in [4.69, 9.17) is 4.74 Å². The maximum atomic E-state index is 5.64. The molecule has 1 atom stereocenters. The van der Waals surface area contributed by atoms with Crippen LogP contribution < -0.4 is 10.1 Å². The fourth-order valence-corrected chi connectivity index (χ4v) is 2.95. The van der Waals surface area contributed by atoms with Gasteiger partial charge < -0.3 is 10.1 Å². The molecule has 0 aliphatic carbocycles. The van der Waals surface area contributed by atoms with Gasteiger partial charge in [0, 0.05) is 6.04 Å². The van der Waals surface area contributed by atoms with Crippen LogP contribution >= 0.6 is 0 Å². The summed E-state index contributed by atoms with van der Waals surface area (Å²) in [6, 6.07) is 17.8. The van der Waals surface area contributed by atoms with Gasteiger partial charge in [0.25, 0.3) is 0 Å². The number of nitrogens with one attached hydrogen (secondary N) is 1. The largest absolute Gasteiger partial charge is 0.494 e. The van der Waals surface area contributed by atoms with Crippen LogP contribution in [0, 0.1) is 0 Å². The topological polar surface area (TPSA) is 21.3 Å². The Bertz CT molecular complexity index is 576. The first kappa shape index (κ1) is 14.2. The van der Waals surface area contributed by atoms with Crippen molar-refractivity contribution in [2.75, 3.05) is 13.2 Å². The lowest BCUT2D eigenvalue weighted by Crippen LogP contribution is -2.31. The van der Waals surface area contributed by atoms with Gasteiger partial charge in [-0.15, -0.1) is 0 Å². The highest BCUT2D eigenvalue weighted by Gasteiger charge is 2.19. The molecule has 0 radical (unpaired) electrons. The van der Waals surface area contributed by atoms with E-state index in [2.05, 4.69) is 60.8 Å². The monoisotopic (exact) mass is 281 g/mol. The van der Waals surface area contributed by atoms with Crippen LogP contribution in [-0.4, -0.2) is 13.2 Å². The third-order valence-corrected chi connectivity index (χ3v) is 4.05. The van der Waals surface area contributed by atoms with Gasteiger partial charge >= 0.3 is 0 Å². The molecule has 1 aliphatic rings. The SMILES string of the molecule is CCCOc1ccc(CC2NCCc3ccccc32)cc1. The molecule has 21 heavy (non-hydrogen) atoms. The van der Waals surface area contributed by atoms with Gasteiger partial charge in [-0.25, -0.2) is 0 Å². The molecule has 1 aliphatic heterocycles. The first-order chi connectivity index (χ1) is 10.4. The molecule has 0 bridgehead atoms. The standard InChI is InChI=1S/C19H23NO/c1-2-13-21-17-9-7-15(8-10-17)14-19-18-6-4-3-5-16(18)11-12-20-19/h3-10,19-20H,2,11-14H2,1H3. The van der Waals surface area contributed by atoms with Gasteiger partial charge in [-0.3, -0.25) is 0 Å². The number of benzene rings is 2. The molecular weight excluding hydrogens is 258 g/mol. The molecule has 0 saturated heterocycles. The second-order valence-electron chi connectivity index (χ2n) is 5.65. The van der Waals surface area contributed by atoms with E-state index < -0.39 is 0 Å². The van der Waals surface area contributed by atoms with E-state index >= 15 is 0 Å². The fraction of sp³-hybridized carbons (Fsp3) is 0.368. The zero-order valence-electron chi connectivity index (χ0n) is 12.6. The van der Waals surface area contributed by atoms with Gasteiger partial charge in [0.2, 0.25) is 0 Å². The van der Waals surface area contributed by atoms with Gasteiger partial charge in [0.05, 0.1) is 6.61 Å². The quantitative estimate of drug-likeness (QED) is 0.897. The summed E-state index contributed by atoms with van der Waals surface area (Å²) in [5, 5.41) is 3.64. The number of fused-ring (bicyclic) bond motifs is 1. The zero-order chi connectivity index (χ0) is 14.5. The summed E-state index contributed by atoms with van der Waals surface area (Å²) in [5.74, 6) is 0.970. The van der Waals surface area contributed by atoms with E-state index in [0.29, 0.717) is 6.04 Å². The van der Waals surface area contributed by atoms with Crippen molar-refractivity contribution in [3.63, 3.8) is 0 Å². The van der Waals surface area contributed by atoms with Crippen molar-refractivity contribution in [1.82, 2.24) is 5.32 Å². The maximum Gasteiger partial charge on any atom is 0.119 e. The maximum absolute atomic E-state index is 5.64. The Morgan fingerprint density at radius 2 is 1.90 bits per heavy atom. The molecule has 0 amide bonds. The van der Waals surface area contributed by atoms with Crippen LogP contribution in [0.2, 0.25) is 0 Å². The summed E-state index contributed by atoms with van der Waals surface area (Å²) in [5.41, 5.74) is 4.30. The van der Waals surface area contributed by atoms with E-state index in [1.165, 1.54) is 16.7 Å². The summed E-state index contributed by atoms with van der Waals surface area (Å²) in [6.07, 6.45) is 3.21. The van der Waals surface area contributed by atoms with E-state index in [1.54, 1.807) is 0 Å². The Hall–Kier alpha value is -1.80. The summed E-state index contributed by atoms with van der Waals surface area (Å²) >= 11 is 0. The van der Waals surface area contributed by atoms with Gasteiger partial charge in [-0.1, -0.05) is 43.3 Å². The molecule has 2 nitrogen and oxygen atoms in total. The van der Waals surface area contributed by atoms with Crippen molar-refractivity contribution in [2.24, 2.45) is 0 Å². The third-order valence-electron chi connectivity index (χ3n) is 4.05. The minimum absolute atomic E-state index is 0.428. The first-order valence-corrected chi connectivity index (χ1v) is 7.89. The van der Waals surface area contributed by atoms with Crippen LogP contribution in [0.5, 0.6) is 5.75 Å². The highest BCUT2D eigenvalue weighted by molar-refractivity contribution is 5.35. The molecule has 1 heterocycles. The number of rotatable bonds is 5. The van der Waals surface area contributed by atoms with Crippen molar-refractivity contribution in [3.8, 4) is 5.75 Å². The molecule has 1 unspecified atom stereocenters. The van der Waals surface area contributed by atoms with Crippen molar-refractivity contribution < 1.29 is 4.74 Å². The predicted molar refractivity (Wildman–Crippen MR) is 86.8 cm³/mol. The Labute approximate surface area is 127 Å². The summed E-state index contributed by atoms with van der Waals surface area (Å²) in [4.78, 5) is 0. The van der Waals surface area contributed by atoms with Gasteiger partial charge in [-0.2, -0.15) is 0 Å². The van der Waals surface area contributed by atoms with Gasteiger partial charge in [-0.05, 0) is 54.6 Å². The molecular formula is C19H23NO. The van der Waals surface area contributed by atoms with Crippen LogP contribution in [-0.2, 0) is 12.8 Å². The molecule has 2 heteroatoms. The lowest BCUT2D eigenvalue weighted by molar-refractivity contribution is 0.317. The second-order valence-corrected chi connectivity index (χ2v) is 5.65. The summed E-state index contributed by atoms with van der Waals surface area (Å²) < 4.78 is 5.64. The van der Waals surface area contributed by atoms with Crippen molar-refractivity contribution in [1.29, 1.82) is 0 Å². The van der Waals surface area contributed by atoms with Crippen LogP contribution in [0.4, 0.5) is 0 Å². The Morgan fingerprint density at radius 3 is 2.71 bits per heavy atom. The highest BCUT2D eigenvalue weighted by atomic mass is 16.5. The average molecular weight is 281 g/mol. The van der Waals surface area contributed by atoms with E-state index in [1.807, 2.05) is 0 Å². The Morgan fingerprint density at radius 1 is 1.10 bits per heavy atom. The van der Waals surface area contributed by atoms with Crippen molar-refractivity contribution in [2.45, 2.75) is 32.2 Å². The molecule has 3 rings (SSSR count). The van der Waals surface area contributed by atoms with Gasteiger partial charge in [0.15, 0.2) is 0 Å². The molecule has 2 aromatic rings. The fourth-order valence-electron chi connectivity index (χ4n) is 2.95. The zero-order valence-corrected chi connectivity index (χ0v) is 12.6. The van der Waals surface area contributed by atoms with Crippen molar-refractivity contribution in [3.05, 3.63) is 65.2 Å². The average Bonchev–Trinajstić information content (AvgIpc) is 2.55. The van der Waals surface area contributed by atoms with Crippen LogP contribution in [0.25, 0.3) is 0 Å². The van der Waals surface area contributed by atoms with Gasteiger partial charge in [0.1, 0.15) is 5.75 Å². The number of ether oxygens (including phenoxy) is 1. The second kappa shape index (κ2) is 6.77. The molecule has 0 fully saturated rings. The molecule has 0 aromatic heterocycles.